The lowest BCUT2D eigenvalue weighted by atomic mass is 9.54. The topological polar surface area (TPSA) is 97.7 Å². The highest BCUT2D eigenvalue weighted by atomic mass is 32.2. The van der Waals surface area contributed by atoms with E-state index in [-0.39, 0.29) is 36.1 Å². The molecule has 0 radical (unpaired) electrons. The zero-order valence-electron chi connectivity index (χ0n) is 11.0. The van der Waals surface area contributed by atoms with Crippen LogP contribution in [0, 0.1) is 23.7 Å². The monoisotopic (exact) mass is 302 g/mol. The molecule has 6 nitrogen and oxygen atoms in total. The van der Waals surface area contributed by atoms with Crippen LogP contribution < -0.4 is 0 Å². The summed E-state index contributed by atoms with van der Waals surface area (Å²) in [7, 11) is -4.16. The molecule has 20 heavy (non-hydrogen) atoms. The number of esters is 1. The van der Waals surface area contributed by atoms with Crippen molar-refractivity contribution in [3.8, 4) is 0 Å². The number of carbonyl (C=O) groups excluding carboxylic acids is 2. The van der Waals surface area contributed by atoms with Crippen molar-refractivity contribution in [1.29, 1.82) is 0 Å². The Bertz CT molecular complexity index is 539. The Hall–Kier alpha value is -0.950. The molecule has 0 amide bonds. The summed E-state index contributed by atoms with van der Waals surface area (Å²) in [6.07, 6.45) is 2.82. The first-order valence-corrected chi connectivity index (χ1v) is 8.63. The highest BCUT2D eigenvalue weighted by Crippen LogP contribution is 2.52. The van der Waals surface area contributed by atoms with Crippen LogP contribution in [-0.2, 0) is 24.4 Å². The van der Waals surface area contributed by atoms with Crippen LogP contribution in [0.4, 0.5) is 0 Å². The number of ether oxygens (including phenoxy) is 1. The maximum absolute atomic E-state index is 12.2. The molecule has 5 atom stereocenters. The minimum absolute atomic E-state index is 0.144. The average molecular weight is 302 g/mol. The molecule has 0 aliphatic heterocycles. The number of Topliss-reactive ketones (excluding diaryl/α,β-unsaturated/α-hetero) is 1. The van der Waals surface area contributed by atoms with E-state index in [4.69, 9.17) is 9.29 Å². The predicted molar refractivity (Wildman–Crippen MR) is 68.3 cm³/mol. The van der Waals surface area contributed by atoms with Gasteiger partial charge >= 0.3 is 5.97 Å². The molecule has 4 bridgehead atoms. The first-order chi connectivity index (χ1) is 9.33. The van der Waals surface area contributed by atoms with Gasteiger partial charge in [0.1, 0.15) is 11.9 Å². The summed E-state index contributed by atoms with van der Waals surface area (Å²) in [5.41, 5.74) is 0. The normalized spacial score (nSPS) is 39.0. The second-order valence-electron chi connectivity index (χ2n) is 6.27. The maximum Gasteiger partial charge on any atom is 0.307 e. The molecule has 112 valence electrons. The van der Waals surface area contributed by atoms with Gasteiger partial charge in [-0.3, -0.25) is 14.1 Å². The van der Waals surface area contributed by atoms with Gasteiger partial charge in [0, 0.05) is 5.92 Å². The fraction of sp³-hybridized carbons (Fsp3) is 0.846. The fourth-order valence-electron chi connectivity index (χ4n) is 4.18. The van der Waals surface area contributed by atoms with Gasteiger partial charge in [0.25, 0.3) is 10.1 Å². The van der Waals surface area contributed by atoms with Gasteiger partial charge in [-0.15, -0.1) is 0 Å². The van der Waals surface area contributed by atoms with Gasteiger partial charge in [0.05, 0.1) is 18.1 Å². The zero-order chi connectivity index (χ0) is 14.5. The molecular weight excluding hydrogens is 284 g/mol. The van der Waals surface area contributed by atoms with Crippen LogP contribution >= 0.6 is 0 Å². The minimum Gasteiger partial charge on any atom is -0.461 e. The predicted octanol–water partition coefficient (Wildman–Crippen LogP) is 0.811. The van der Waals surface area contributed by atoms with Crippen molar-refractivity contribution in [3.05, 3.63) is 0 Å². The van der Waals surface area contributed by atoms with E-state index < -0.39 is 21.8 Å². The molecule has 4 aliphatic carbocycles. The second-order valence-corrected chi connectivity index (χ2v) is 7.84. The zero-order valence-corrected chi connectivity index (χ0v) is 11.8. The summed E-state index contributed by atoms with van der Waals surface area (Å²) in [4.78, 5) is 23.8. The highest BCUT2D eigenvalue weighted by Gasteiger charge is 2.54. The van der Waals surface area contributed by atoms with E-state index in [0.717, 1.165) is 25.7 Å². The van der Waals surface area contributed by atoms with E-state index in [0.29, 0.717) is 5.92 Å². The molecule has 0 aromatic heterocycles. The minimum atomic E-state index is -4.16. The summed E-state index contributed by atoms with van der Waals surface area (Å²) in [5.74, 6) is -0.296. The van der Waals surface area contributed by atoms with Crippen LogP contribution in [-0.4, -0.2) is 36.6 Å². The number of hydrogen-bond acceptors (Lipinski definition) is 5. The Labute approximate surface area is 117 Å². The van der Waals surface area contributed by atoms with Crippen molar-refractivity contribution in [1.82, 2.24) is 0 Å². The molecule has 4 rings (SSSR count). The molecule has 0 aromatic carbocycles. The Morgan fingerprint density at radius 1 is 1.25 bits per heavy atom. The second kappa shape index (κ2) is 4.80. The van der Waals surface area contributed by atoms with Crippen molar-refractivity contribution in [2.45, 2.75) is 38.2 Å². The molecule has 0 saturated heterocycles. The first-order valence-electron chi connectivity index (χ1n) is 7.02. The Kier molecular flexibility index (Phi) is 3.36. The van der Waals surface area contributed by atoms with Crippen LogP contribution in [0.25, 0.3) is 0 Å². The Balaban J connectivity index is 1.63. The van der Waals surface area contributed by atoms with E-state index in [1.807, 2.05) is 0 Å². The Morgan fingerprint density at radius 2 is 2.00 bits per heavy atom. The molecular formula is C13H18O6S. The van der Waals surface area contributed by atoms with Crippen LogP contribution in [0.2, 0.25) is 0 Å². The van der Waals surface area contributed by atoms with Crippen LogP contribution in [0.1, 0.15) is 32.1 Å². The smallest absolute Gasteiger partial charge is 0.307 e. The van der Waals surface area contributed by atoms with Crippen molar-refractivity contribution in [3.63, 3.8) is 0 Å². The molecule has 7 heteroatoms. The first kappa shape index (κ1) is 14.0. The lowest BCUT2D eigenvalue weighted by molar-refractivity contribution is -0.175. The summed E-state index contributed by atoms with van der Waals surface area (Å²) >= 11 is 0. The van der Waals surface area contributed by atoms with Crippen molar-refractivity contribution in [2.24, 2.45) is 23.7 Å². The van der Waals surface area contributed by atoms with Crippen LogP contribution in [0.5, 0.6) is 0 Å². The third-order valence-corrected chi connectivity index (χ3v) is 5.61. The fourth-order valence-corrected chi connectivity index (χ4v) is 4.61. The standard InChI is InChI=1S/C13H18O6S/c14-11(1-2-20(16,17)18)19-13-9-4-7-3-8(6-9)12(15)10(13)5-7/h7-10,13H,1-6H2,(H,16,17,18). The third kappa shape index (κ3) is 2.61. The van der Waals surface area contributed by atoms with E-state index >= 15 is 0 Å². The summed E-state index contributed by atoms with van der Waals surface area (Å²) in [6.45, 7) is 0. The van der Waals surface area contributed by atoms with Gasteiger partial charge < -0.3 is 4.74 Å². The SMILES string of the molecule is O=C(CCS(=O)(=O)O)OC1C2CC3CC(C2)C(=O)C1C3. The van der Waals surface area contributed by atoms with Crippen LogP contribution in [0.3, 0.4) is 0 Å². The third-order valence-electron chi connectivity index (χ3n) is 4.89. The molecule has 4 fully saturated rings. The lowest BCUT2D eigenvalue weighted by Crippen LogP contribution is -2.55. The Morgan fingerprint density at radius 3 is 2.70 bits per heavy atom. The average Bonchev–Trinajstić information content (AvgIpc) is 2.36. The number of ketones is 1. The van der Waals surface area contributed by atoms with Gasteiger partial charge in [0.2, 0.25) is 0 Å². The number of hydrogen-bond donors (Lipinski definition) is 1. The van der Waals surface area contributed by atoms with Crippen LogP contribution in [0.15, 0.2) is 0 Å². The van der Waals surface area contributed by atoms with E-state index in [9.17, 15) is 18.0 Å². The van der Waals surface area contributed by atoms with Gasteiger partial charge in [-0.05, 0) is 37.5 Å². The summed E-state index contributed by atoms with van der Waals surface area (Å²) in [5, 5.41) is 0. The van der Waals surface area contributed by atoms with E-state index in [2.05, 4.69) is 0 Å². The number of rotatable bonds is 4. The number of carbonyl (C=O) groups is 2. The summed E-state index contributed by atoms with van der Waals surface area (Å²) < 4.78 is 35.2. The van der Waals surface area contributed by atoms with Crippen molar-refractivity contribution in [2.75, 3.05) is 5.75 Å². The van der Waals surface area contributed by atoms with Crippen molar-refractivity contribution < 1.29 is 27.3 Å². The molecule has 0 aromatic rings. The lowest BCUT2D eigenvalue weighted by Gasteiger charge is -2.52. The largest absolute Gasteiger partial charge is 0.461 e. The quantitative estimate of drug-likeness (QED) is 0.609. The van der Waals surface area contributed by atoms with Gasteiger partial charge in [-0.2, -0.15) is 8.42 Å². The van der Waals surface area contributed by atoms with Gasteiger partial charge in [-0.1, -0.05) is 0 Å². The molecule has 4 saturated carbocycles. The molecule has 1 N–H and O–H groups in total. The van der Waals surface area contributed by atoms with E-state index in [1.54, 1.807) is 0 Å². The van der Waals surface area contributed by atoms with E-state index in [1.165, 1.54) is 0 Å². The molecule has 0 heterocycles. The summed E-state index contributed by atoms with van der Waals surface area (Å²) in [6, 6.07) is 0. The highest BCUT2D eigenvalue weighted by molar-refractivity contribution is 7.85. The van der Waals surface area contributed by atoms with Gasteiger partial charge in [0.15, 0.2) is 0 Å². The van der Waals surface area contributed by atoms with Crippen molar-refractivity contribution >= 4 is 21.9 Å². The molecule has 4 aliphatic rings. The molecule has 0 spiro atoms. The molecule has 5 unspecified atom stereocenters. The van der Waals surface area contributed by atoms with Gasteiger partial charge in [-0.25, -0.2) is 0 Å². The maximum atomic E-state index is 12.2.